The minimum atomic E-state index is 0.0191. The molecule has 2 aliphatic heterocycles. The first kappa shape index (κ1) is 16.0. The third-order valence-electron chi connectivity index (χ3n) is 4.67. The Bertz CT molecular complexity index is 773. The number of amides is 1. The zero-order chi connectivity index (χ0) is 17.2. The first-order valence-electron chi connectivity index (χ1n) is 8.58. The van der Waals surface area contributed by atoms with Gasteiger partial charge in [0.1, 0.15) is 0 Å². The van der Waals surface area contributed by atoms with Crippen LogP contribution in [0.4, 0.5) is 0 Å². The summed E-state index contributed by atoms with van der Waals surface area (Å²) in [6, 6.07) is 5.48. The number of benzene rings is 1. The molecule has 1 fully saturated rings. The Morgan fingerprint density at radius 2 is 2.12 bits per heavy atom. The van der Waals surface area contributed by atoms with Crippen LogP contribution >= 0.6 is 0 Å². The van der Waals surface area contributed by atoms with Crippen molar-refractivity contribution >= 4 is 5.91 Å². The van der Waals surface area contributed by atoms with Crippen molar-refractivity contribution in [2.45, 2.75) is 13.0 Å². The van der Waals surface area contributed by atoms with Crippen LogP contribution in [0, 0.1) is 0 Å². The average Bonchev–Trinajstić information content (AvgIpc) is 3.18. The standard InChI is InChI=1S/C18H22N4O3/c1-20-11-14(10-19-20)12-21-6-3-7-22(9-8-21)18(23)15-4-2-5-16-17(15)25-13-24-16/h2,4-5,10-11H,3,6-9,12-13H2,1H3. The Hall–Kier alpha value is -2.54. The van der Waals surface area contributed by atoms with E-state index in [4.69, 9.17) is 9.47 Å². The van der Waals surface area contributed by atoms with Gasteiger partial charge >= 0.3 is 0 Å². The maximum absolute atomic E-state index is 12.9. The van der Waals surface area contributed by atoms with Crippen LogP contribution in [-0.2, 0) is 13.6 Å². The van der Waals surface area contributed by atoms with Crippen LogP contribution in [0.15, 0.2) is 30.6 Å². The van der Waals surface area contributed by atoms with E-state index >= 15 is 0 Å². The lowest BCUT2D eigenvalue weighted by Crippen LogP contribution is -2.35. The van der Waals surface area contributed by atoms with Crippen LogP contribution in [0.2, 0.25) is 0 Å². The van der Waals surface area contributed by atoms with Crippen LogP contribution < -0.4 is 9.47 Å². The van der Waals surface area contributed by atoms with Gasteiger partial charge in [0, 0.05) is 51.5 Å². The van der Waals surface area contributed by atoms with Crippen molar-refractivity contribution in [2.24, 2.45) is 7.05 Å². The molecule has 7 nitrogen and oxygen atoms in total. The number of hydrogen-bond acceptors (Lipinski definition) is 5. The Morgan fingerprint density at radius 3 is 2.96 bits per heavy atom. The van der Waals surface area contributed by atoms with E-state index in [2.05, 4.69) is 10.00 Å². The predicted molar refractivity (Wildman–Crippen MR) is 91.6 cm³/mol. The van der Waals surface area contributed by atoms with Gasteiger partial charge in [-0.1, -0.05) is 6.07 Å². The summed E-state index contributed by atoms with van der Waals surface area (Å²) in [5.74, 6) is 1.24. The first-order chi connectivity index (χ1) is 12.2. The number of nitrogens with zero attached hydrogens (tertiary/aromatic N) is 4. The molecule has 0 saturated carbocycles. The number of fused-ring (bicyclic) bond motifs is 1. The molecule has 1 aromatic carbocycles. The summed E-state index contributed by atoms with van der Waals surface area (Å²) in [4.78, 5) is 17.2. The fourth-order valence-corrected chi connectivity index (χ4v) is 3.41. The minimum absolute atomic E-state index is 0.0191. The number of aromatic nitrogens is 2. The highest BCUT2D eigenvalue weighted by Crippen LogP contribution is 2.36. The molecule has 0 aliphatic carbocycles. The van der Waals surface area contributed by atoms with Crippen LogP contribution in [0.1, 0.15) is 22.3 Å². The Morgan fingerprint density at radius 1 is 1.20 bits per heavy atom. The topological polar surface area (TPSA) is 59.8 Å². The van der Waals surface area contributed by atoms with E-state index in [0.29, 0.717) is 23.6 Å². The Kier molecular flexibility index (Phi) is 4.31. The molecule has 0 atom stereocenters. The fraction of sp³-hybridized carbons (Fsp3) is 0.444. The summed E-state index contributed by atoms with van der Waals surface area (Å²) in [6.45, 7) is 4.35. The third kappa shape index (κ3) is 3.32. The van der Waals surface area contributed by atoms with Gasteiger partial charge in [-0.05, 0) is 18.6 Å². The summed E-state index contributed by atoms with van der Waals surface area (Å²) < 4.78 is 12.7. The van der Waals surface area contributed by atoms with E-state index in [1.54, 1.807) is 0 Å². The van der Waals surface area contributed by atoms with Crippen molar-refractivity contribution in [1.29, 1.82) is 0 Å². The highest BCUT2D eigenvalue weighted by atomic mass is 16.7. The van der Waals surface area contributed by atoms with Crippen molar-refractivity contribution in [2.75, 3.05) is 33.0 Å². The number of carbonyl (C=O) groups is 1. The smallest absolute Gasteiger partial charge is 0.257 e. The van der Waals surface area contributed by atoms with Crippen LogP contribution in [0.3, 0.4) is 0 Å². The Balaban J connectivity index is 1.42. The maximum Gasteiger partial charge on any atom is 0.257 e. The normalized spacial score (nSPS) is 17.6. The van der Waals surface area contributed by atoms with Gasteiger partial charge in [-0.15, -0.1) is 0 Å². The third-order valence-corrected chi connectivity index (χ3v) is 4.67. The van der Waals surface area contributed by atoms with Gasteiger partial charge in [-0.3, -0.25) is 14.4 Å². The summed E-state index contributed by atoms with van der Waals surface area (Å²) in [5.41, 5.74) is 1.80. The van der Waals surface area contributed by atoms with Crippen molar-refractivity contribution < 1.29 is 14.3 Å². The Labute approximate surface area is 146 Å². The van der Waals surface area contributed by atoms with E-state index in [9.17, 15) is 4.79 Å². The summed E-state index contributed by atoms with van der Waals surface area (Å²) in [5, 5.41) is 4.22. The van der Waals surface area contributed by atoms with Crippen LogP contribution in [-0.4, -0.2) is 58.5 Å². The van der Waals surface area contributed by atoms with Crippen LogP contribution in [0.5, 0.6) is 11.5 Å². The first-order valence-corrected chi connectivity index (χ1v) is 8.58. The van der Waals surface area contributed by atoms with Gasteiger partial charge < -0.3 is 14.4 Å². The molecule has 0 spiro atoms. The van der Waals surface area contributed by atoms with E-state index in [0.717, 1.165) is 32.6 Å². The zero-order valence-corrected chi connectivity index (χ0v) is 14.4. The van der Waals surface area contributed by atoms with Crippen molar-refractivity contribution in [1.82, 2.24) is 19.6 Å². The molecule has 0 N–H and O–H groups in total. The van der Waals surface area contributed by atoms with Gasteiger partial charge in [0.2, 0.25) is 6.79 Å². The van der Waals surface area contributed by atoms with E-state index in [-0.39, 0.29) is 12.7 Å². The summed E-state index contributed by atoms with van der Waals surface area (Å²) in [6.07, 6.45) is 4.90. The predicted octanol–water partition coefficient (Wildman–Crippen LogP) is 1.50. The second kappa shape index (κ2) is 6.76. The highest BCUT2D eigenvalue weighted by molar-refractivity contribution is 5.98. The van der Waals surface area contributed by atoms with Crippen molar-refractivity contribution in [3.8, 4) is 11.5 Å². The largest absolute Gasteiger partial charge is 0.454 e. The second-order valence-electron chi connectivity index (χ2n) is 6.48. The van der Waals surface area contributed by atoms with E-state index in [1.807, 2.05) is 47.2 Å². The molecule has 1 aromatic heterocycles. The molecule has 2 aliphatic rings. The molecule has 2 aromatic rings. The molecule has 1 amide bonds. The molecule has 132 valence electrons. The average molecular weight is 342 g/mol. The van der Waals surface area contributed by atoms with E-state index < -0.39 is 0 Å². The molecule has 1 saturated heterocycles. The summed E-state index contributed by atoms with van der Waals surface area (Å²) >= 11 is 0. The molecule has 25 heavy (non-hydrogen) atoms. The quantitative estimate of drug-likeness (QED) is 0.846. The lowest BCUT2D eigenvalue weighted by Gasteiger charge is -2.22. The van der Waals surface area contributed by atoms with Crippen LogP contribution in [0.25, 0.3) is 0 Å². The number of aryl methyl sites for hydroxylation is 1. The molecule has 3 heterocycles. The van der Waals surface area contributed by atoms with Gasteiger partial charge in [-0.2, -0.15) is 5.10 Å². The summed E-state index contributed by atoms with van der Waals surface area (Å²) in [7, 11) is 1.93. The minimum Gasteiger partial charge on any atom is -0.454 e. The molecule has 0 unspecified atom stereocenters. The lowest BCUT2D eigenvalue weighted by atomic mass is 10.1. The number of hydrogen-bond donors (Lipinski definition) is 0. The molecule has 0 radical (unpaired) electrons. The van der Waals surface area contributed by atoms with Crippen molar-refractivity contribution in [3.63, 3.8) is 0 Å². The maximum atomic E-state index is 12.9. The second-order valence-corrected chi connectivity index (χ2v) is 6.48. The number of ether oxygens (including phenoxy) is 2. The molecule has 0 bridgehead atoms. The number of rotatable bonds is 3. The fourth-order valence-electron chi connectivity index (χ4n) is 3.41. The molecular formula is C18H22N4O3. The molecular weight excluding hydrogens is 320 g/mol. The van der Waals surface area contributed by atoms with Gasteiger partial charge in [0.15, 0.2) is 11.5 Å². The zero-order valence-electron chi connectivity index (χ0n) is 14.4. The number of carbonyl (C=O) groups excluding carboxylic acids is 1. The highest BCUT2D eigenvalue weighted by Gasteiger charge is 2.26. The van der Waals surface area contributed by atoms with E-state index in [1.165, 1.54) is 5.56 Å². The van der Waals surface area contributed by atoms with Gasteiger partial charge in [0.25, 0.3) is 5.91 Å². The number of para-hydroxylation sites is 1. The lowest BCUT2D eigenvalue weighted by molar-refractivity contribution is 0.0756. The van der Waals surface area contributed by atoms with Gasteiger partial charge in [0.05, 0.1) is 11.8 Å². The molecule has 7 heteroatoms. The monoisotopic (exact) mass is 342 g/mol. The van der Waals surface area contributed by atoms with Crippen molar-refractivity contribution in [3.05, 3.63) is 41.7 Å². The SMILES string of the molecule is Cn1cc(CN2CCCN(C(=O)c3cccc4c3OCO4)CC2)cn1. The molecule has 4 rings (SSSR count). The van der Waals surface area contributed by atoms with Gasteiger partial charge in [-0.25, -0.2) is 0 Å².